The van der Waals surface area contributed by atoms with E-state index in [0.29, 0.717) is 27.2 Å². The first-order valence-corrected chi connectivity index (χ1v) is 8.13. The molecule has 0 saturated carbocycles. The molecule has 0 unspecified atom stereocenters. The summed E-state index contributed by atoms with van der Waals surface area (Å²) in [6.45, 7) is -0.410. The van der Waals surface area contributed by atoms with E-state index in [0.717, 1.165) is 0 Å². The quantitative estimate of drug-likeness (QED) is 0.678. The van der Waals surface area contributed by atoms with Crippen LogP contribution < -0.4 is 20.7 Å². The number of carbonyl (C=O) groups excluding carboxylic acids is 3. The predicted octanol–water partition coefficient (Wildman–Crippen LogP) is 2.70. The Hall–Kier alpha value is -2.77. The normalized spacial score (nSPS) is 9.96. The van der Waals surface area contributed by atoms with Gasteiger partial charge in [0.05, 0.1) is 24.4 Å². The molecule has 3 N–H and O–H groups in total. The highest BCUT2D eigenvalue weighted by Gasteiger charge is 2.15. The SMILES string of the molecule is COc1cccc(NC(=O)C(=O)NCC(=O)Nc2cc(Cl)ccc2Cl)c1. The van der Waals surface area contributed by atoms with E-state index < -0.39 is 24.3 Å². The van der Waals surface area contributed by atoms with Crippen molar-refractivity contribution >= 4 is 52.3 Å². The van der Waals surface area contributed by atoms with E-state index in [9.17, 15) is 14.4 Å². The molecule has 0 bridgehead atoms. The maximum absolute atomic E-state index is 11.9. The second-order valence-electron chi connectivity index (χ2n) is 5.04. The van der Waals surface area contributed by atoms with Crippen molar-refractivity contribution in [2.24, 2.45) is 0 Å². The first kappa shape index (κ1) is 19.6. The van der Waals surface area contributed by atoms with Gasteiger partial charge in [-0.2, -0.15) is 0 Å². The molecule has 0 radical (unpaired) electrons. The Labute approximate surface area is 159 Å². The zero-order chi connectivity index (χ0) is 19.1. The molecule has 0 atom stereocenters. The monoisotopic (exact) mass is 395 g/mol. The van der Waals surface area contributed by atoms with Crippen LogP contribution in [0.5, 0.6) is 5.75 Å². The third-order valence-electron chi connectivity index (χ3n) is 3.15. The van der Waals surface area contributed by atoms with Crippen molar-refractivity contribution in [3.8, 4) is 5.75 Å². The van der Waals surface area contributed by atoms with Crippen LogP contribution in [0.4, 0.5) is 11.4 Å². The number of carbonyl (C=O) groups is 3. The van der Waals surface area contributed by atoms with Crippen LogP contribution in [0.3, 0.4) is 0 Å². The minimum Gasteiger partial charge on any atom is -0.497 e. The third kappa shape index (κ3) is 5.65. The number of nitrogens with one attached hydrogen (secondary N) is 3. The van der Waals surface area contributed by atoms with Crippen LogP contribution in [-0.4, -0.2) is 31.4 Å². The number of ether oxygens (including phenoxy) is 1. The summed E-state index contributed by atoms with van der Waals surface area (Å²) in [6, 6.07) is 11.1. The van der Waals surface area contributed by atoms with Crippen molar-refractivity contribution in [3.63, 3.8) is 0 Å². The average molecular weight is 396 g/mol. The van der Waals surface area contributed by atoms with E-state index in [2.05, 4.69) is 16.0 Å². The first-order chi connectivity index (χ1) is 12.4. The molecule has 3 amide bonds. The van der Waals surface area contributed by atoms with Crippen LogP contribution in [0.2, 0.25) is 10.0 Å². The van der Waals surface area contributed by atoms with Crippen LogP contribution in [0.15, 0.2) is 42.5 Å². The molecule has 0 aromatic heterocycles. The van der Waals surface area contributed by atoms with Crippen molar-refractivity contribution < 1.29 is 19.1 Å². The summed E-state index contributed by atoms with van der Waals surface area (Å²) in [7, 11) is 1.48. The Kier molecular flexibility index (Phi) is 6.82. The van der Waals surface area contributed by atoms with Gasteiger partial charge in [0.15, 0.2) is 0 Å². The molecule has 9 heteroatoms. The van der Waals surface area contributed by atoms with E-state index in [4.69, 9.17) is 27.9 Å². The largest absolute Gasteiger partial charge is 0.497 e. The lowest BCUT2D eigenvalue weighted by atomic mass is 10.3. The van der Waals surface area contributed by atoms with Crippen LogP contribution in [-0.2, 0) is 14.4 Å². The van der Waals surface area contributed by atoms with Crippen molar-refractivity contribution in [1.82, 2.24) is 5.32 Å². The highest BCUT2D eigenvalue weighted by molar-refractivity contribution is 6.40. The molecule has 2 aromatic carbocycles. The molecule has 0 spiro atoms. The molecule has 0 aliphatic carbocycles. The van der Waals surface area contributed by atoms with Gasteiger partial charge in [-0.15, -0.1) is 0 Å². The lowest BCUT2D eigenvalue weighted by molar-refractivity contribution is -0.136. The van der Waals surface area contributed by atoms with E-state index in [1.807, 2.05) is 0 Å². The highest BCUT2D eigenvalue weighted by Crippen LogP contribution is 2.25. The molecule has 0 saturated heterocycles. The van der Waals surface area contributed by atoms with Gasteiger partial charge < -0.3 is 20.7 Å². The molecule has 0 aliphatic heterocycles. The Balaban J connectivity index is 1.86. The van der Waals surface area contributed by atoms with Crippen LogP contribution in [0, 0.1) is 0 Å². The van der Waals surface area contributed by atoms with Crippen LogP contribution >= 0.6 is 23.2 Å². The van der Waals surface area contributed by atoms with Gasteiger partial charge in [0.2, 0.25) is 5.91 Å². The molecule has 0 fully saturated rings. The Morgan fingerprint density at radius 1 is 1.00 bits per heavy atom. The summed E-state index contributed by atoms with van der Waals surface area (Å²) in [5, 5.41) is 7.80. The first-order valence-electron chi connectivity index (χ1n) is 7.37. The van der Waals surface area contributed by atoms with Crippen molar-refractivity contribution in [2.45, 2.75) is 0 Å². The van der Waals surface area contributed by atoms with Gasteiger partial charge in [-0.3, -0.25) is 14.4 Å². The zero-order valence-corrected chi connectivity index (χ0v) is 15.1. The lowest BCUT2D eigenvalue weighted by Crippen LogP contribution is -2.39. The van der Waals surface area contributed by atoms with Gasteiger partial charge >= 0.3 is 11.8 Å². The van der Waals surface area contributed by atoms with Crippen molar-refractivity contribution in [3.05, 3.63) is 52.5 Å². The maximum atomic E-state index is 11.9. The number of methoxy groups -OCH3 is 1. The van der Waals surface area contributed by atoms with Crippen molar-refractivity contribution in [2.75, 3.05) is 24.3 Å². The van der Waals surface area contributed by atoms with Gasteiger partial charge in [-0.05, 0) is 30.3 Å². The molecule has 7 nitrogen and oxygen atoms in total. The maximum Gasteiger partial charge on any atom is 0.313 e. The Morgan fingerprint density at radius 3 is 2.50 bits per heavy atom. The second-order valence-corrected chi connectivity index (χ2v) is 5.88. The molecule has 0 heterocycles. The summed E-state index contributed by atoms with van der Waals surface area (Å²) in [4.78, 5) is 35.5. The second kappa shape index (κ2) is 9.07. The molecular weight excluding hydrogens is 381 g/mol. The topological polar surface area (TPSA) is 96.5 Å². The number of benzene rings is 2. The van der Waals surface area contributed by atoms with Gasteiger partial charge in [0, 0.05) is 16.8 Å². The fraction of sp³-hybridized carbons (Fsp3) is 0.118. The van der Waals surface area contributed by atoms with Crippen molar-refractivity contribution in [1.29, 1.82) is 0 Å². The Bertz CT molecular complexity index is 843. The summed E-state index contributed by atoms with van der Waals surface area (Å²) in [5.74, 6) is -1.90. The molecule has 26 heavy (non-hydrogen) atoms. The van der Waals surface area contributed by atoms with Crippen LogP contribution in [0.25, 0.3) is 0 Å². The van der Waals surface area contributed by atoms with Gasteiger partial charge in [0.25, 0.3) is 0 Å². The summed E-state index contributed by atoms with van der Waals surface area (Å²) in [6.07, 6.45) is 0. The average Bonchev–Trinajstić information content (AvgIpc) is 2.62. The number of anilines is 2. The fourth-order valence-corrected chi connectivity index (χ4v) is 2.25. The summed E-state index contributed by atoms with van der Waals surface area (Å²) < 4.78 is 5.03. The number of hydrogen-bond donors (Lipinski definition) is 3. The highest BCUT2D eigenvalue weighted by atomic mass is 35.5. The van der Waals surface area contributed by atoms with Gasteiger partial charge in [-0.25, -0.2) is 0 Å². The lowest BCUT2D eigenvalue weighted by Gasteiger charge is -2.09. The summed E-state index contributed by atoms with van der Waals surface area (Å²) in [5.41, 5.74) is 0.693. The molecule has 2 aromatic rings. The number of rotatable bonds is 5. The smallest absolute Gasteiger partial charge is 0.313 e. The number of hydrogen-bond acceptors (Lipinski definition) is 4. The fourth-order valence-electron chi connectivity index (χ4n) is 1.92. The van der Waals surface area contributed by atoms with E-state index in [1.54, 1.807) is 30.3 Å². The van der Waals surface area contributed by atoms with Gasteiger partial charge in [0.1, 0.15) is 5.75 Å². The third-order valence-corrected chi connectivity index (χ3v) is 3.71. The molecular formula is C17H15Cl2N3O4. The molecule has 136 valence electrons. The minimum atomic E-state index is -0.958. The van der Waals surface area contributed by atoms with E-state index >= 15 is 0 Å². The zero-order valence-electron chi connectivity index (χ0n) is 13.6. The Morgan fingerprint density at radius 2 is 1.77 bits per heavy atom. The minimum absolute atomic E-state index is 0.296. The van der Waals surface area contributed by atoms with Crippen LogP contribution in [0.1, 0.15) is 0 Å². The van der Waals surface area contributed by atoms with E-state index in [-0.39, 0.29) is 0 Å². The number of halogens is 2. The standard InChI is InChI=1S/C17H15Cl2N3O4/c1-26-12-4-2-3-11(8-12)21-17(25)16(24)20-9-15(23)22-14-7-10(18)5-6-13(14)19/h2-8H,9H2,1H3,(H,20,24)(H,21,25)(H,22,23). The molecule has 0 aliphatic rings. The molecule has 2 rings (SSSR count). The number of amides is 3. The summed E-state index contributed by atoms with van der Waals surface area (Å²) >= 11 is 11.8. The van der Waals surface area contributed by atoms with E-state index in [1.165, 1.54) is 19.2 Å². The predicted molar refractivity (Wildman–Crippen MR) is 99.7 cm³/mol. The van der Waals surface area contributed by atoms with Gasteiger partial charge in [-0.1, -0.05) is 29.3 Å².